The highest BCUT2D eigenvalue weighted by atomic mass is 35.5. The molecule has 1 aromatic heterocycles. The Morgan fingerprint density at radius 3 is 2.65 bits per heavy atom. The number of para-hydroxylation sites is 1. The average molecular weight is 276 g/mol. The summed E-state index contributed by atoms with van der Waals surface area (Å²) in [5.74, 6) is 0.712. The van der Waals surface area contributed by atoms with E-state index in [0.29, 0.717) is 24.3 Å². The van der Waals surface area contributed by atoms with E-state index in [-0.39, 0.29) is 30.2 Å². The fourth-order valence-electron chi connectivity index (χ4n) is 1.50. The van der Waals surface area contributed by atoms with Gasteiger partial charge in [0.25, 0.3) is 0 Å². The van der Waals surface area contributed by atoms with E-state index in [1.165, 1.54) is 0 Å². The van der Waals surface area contributed by atoms with Crippen molar-refractivity contribution in [3.8, 4) is 0 Å². The predicted octanol–water partition coefficient (Wildman–Crippen LogP) is 1.74. The third-order valence-electron chi connectivity index (χ3n) is 2.20. The van der Waals surface area contributed by atoms with Gasteiger partial charge in [0.15, 0.2) is 5.43 Å². The molecule has 0 saturated carbocycles. The third-order valence-corrected chi connectivity index (χ3v) is 2.20. The fourth-order valence-corrected chi connectivity index (χ4v) is 1.50. The minimum absolute atomic E-state index is 0. The van der Waals surface area contributed by atoms with Gasteiger partial charge in [-0.25, -0.2) is 0 Å². The van der Waals surface area contributed by atoms with Gasteiger partial charge in [0.1, 0.15) is 5.82 Å². The van der Waals surface area contributed by atoms with Gasteiger partial charge in [-0.1, -0.05) is 12.1 Å². The average Bonchev–Trinajstić information content (AvgIpc) is 2.26. The van der Waals surface area contributed by atoms with Gasteiger partial charge in [0.05, 0.1) is 5.52 Å². The van der Waals surface area contributed by atoms with Crippen LogP contribution in [-0.2, 0) is 0 Å². The lowest BCUT2D eigenvalue weighted by molar-refractivity contribution is 1.01. The molecule has 0 spiro atoms. The van der Waals surface area contributed by atoms with Crippen LogP contribution in [0.3, 0.4) is 0 Å². The van der Waals surface area contributed by atoms with Gasteiger partial charge < -0.3 is 16.0 Å². The Morgan fingerprint density at radius 1 is 1.24 bits per heavy atom. The van der Waals surface area contributed by atoms with Crippen LogP contribution in [0.15, 0.2) is 35.1 Å². The number of rotatable bonds is 3. The van der Waals surface area contributed by atoms with E-state index in [2.05, 4.69) is 10.3 Å². The van der Waals surface area contributed by atoms with Crippen molar-refractivity contribution in [3.63, 3.8) is 0 Å². The second kappa shape index (κ2) is 7.17. The predicted molar refractivity (Wildman–Crippen MR) is 76.6 cm³/mol. The molecular weight excluding hydrogens is 261 g/mol. The van der Waals surface area contributed by atoms with Crippen molar-refractivity contribution in [3.05, 3.63) is 40.6 Å². The van der Waals surface area contributed by atoms with Crippen LogP contribution >= 0.6 is 24.8 Å². The Kier molecular flexibility index (Phi) is 6.65. The van der Waals surface area contributed by atoms with Crippen LogP contribution in [0, 0.1) is 0 Å². The zero-order chi connectivity index (χ0) is 10.7. The van der Waals surface area contributed by atoms with Crippen LogP contribution in [-0.4, -0.2) is 18.1 Å². The summed E-state index contributed by atoms with van der Waals surface area (Å²) in [6, 6.07) is 8.98. The summed E-state index contributed by atoms with van der Waals surface area (Å²) in [4.78, 5) is 14.8. The molecule has 6 heteroatoms. The molecule has 2 aromatic rings. The molecule has 1 heterocycles. The van der Waals surface area contributed by atoms with Crippen LogP contribution in [0.25, 0.3) is 10.9 Å². The third kappa shape index (κ3) is 3.63. The van der Waals surface area contributed by atoms with Crippen LogP contribution in [0.5, 0.6) is 0 Å². The minimum atomic E-state index is 0. The first kappa shape index (κ1) is 15.8. The second-order valence-electron chi connectivity index (χ2n) is 3.31. The molecule has 0 amide bonds. The Hall–Kier alpha value is -1.23. The highest BCUT2D eigenvalue weighted by molar-refractivity contribution is 5.85. The maximum atomic E-state index is 11.7. The number of hydrogen-bond donors (Lipinski definition) is 3. The number of H-pyrrole nitrogens is 1. The minimum Gasteiger partial charge on any atom is -0.370 e. The fraction of sp³-hybridized carbons (Fsp3) is 0.182. The van der Waals surface area contributed by atoms with E-state index >= 15 is 0 Å². The smallest absolute Gasteiger partial charge is 0.191 e. The molecule has 0 radical (unpaired) electrons. The highest BCUT2D eigenvalue weighted by Gasteiger charge is 1.99. The highest BCUT2D eigenvalue weighted by Crippen LogP contribution is 2.09. The molecule has 2 rings (SSSR count). The topological polar surface area (TPSA) is 70.9 Å². The van der Waals surface area contributed by atoms with Crippen molar-refractivity contribution >= 4 is 41.5 Å². The van der Waals surface area contributed by atoms with Gasteiger partial charge in [-0.15, -0.1) is 24.8 Å². The molecule has 0 aliphatic heterocycles. The van der Waals surface area contributed by atoms with Crippen molar-refractivity contribution in [2.24, 2.45) is 5.73 Å². The molecule has 0 unspecified atom stereocenters. The van der Waals surface area contributed by atoms with E-state index in [1.807, 2.05) is 18.2 Å². The van der Waals surface area contributed by atoms with E-state index < -0.39 is 0 Å². The van der Waals surface area contributed by atoms with Gasteiger partial charge in [-0.2, -0.15) is 0 Å². The molecular formula is C11H15Cl2N3O. The summed E-state index contributed by atoms with van der Waals surface area (Å²) in [5, 5.41) is 3.75. The van der Waals surface area contributed by atoms with E-state index in [9.17, 15) is 4.79 Å². The van der Waals surface area contributed by atoms with Crippen molar-refractivity contribution in [2.75, 3.05) is 18.4 Å². The Morgan fingerprint density at radius 2 is 1.94 bits per heavy atom. The first-order valence-electron chi connectivity index (χ1n) is 4.87. The molecule has 0 saturated heterocycles. The monoisotopic (exact) mass is 275 g/mol. The number of aromatic amines is 1. The molecule has 0 atom stereocenters. The van der Waals surface area contributed by atoms with Crippen LogP contribution in [0.4, 0.5) is 5.82 Å². The first-order valence-corrected chi connectivity index (χ1v) is 4.87. The van der Waals surface area contributed by atoms with Crippen molar-refractivity contribution < 1.29 is 0 Å². The van der Waals surface area contributed by atoms with Gasteiger partial charge >= 0.3 is 0 Å². The van der Waals surface area contributed by atoms with Gasteiger partial charge in [0.2, 0.25) is 0 Å². The maximum absolute atomic E-state index is 11.7. The van der Waals surface area contributed by atoms with E-state index in [4.69, 9.17) is 5.73 Å². The maximum Gasteiger partial charge on any atom is 0.191 e. The van der Waals surface area contributed by atoms with Crippen LogP contribution < -0.4 is 16.5 Å². The molecule has 4 N–H and O–H groups in total. The number of pyridine rings is 1. The number of fused-ring (bicyclic) bond motifs is 1. The standard InChI is InChI=1S/C11H13N3O.2ClH/c12-5-6-13-11-7-10(15)8-3-1-2-4-9(8)14-11;;/h1-4,7H,5-6,12H2,(H2,13,14,15);2*1H. The summed E-state index contributed by atoms with van der Waals surface area (Å²) >= 11 is 0. The molecule has 17 heavy (non-hydrogen) atoms. The number of anilines is 1. The number of benzene rings is 1. The van der Waals surface area contributed by atoms with Gasteiger partial charge in [-0.05, 0) is 12.1 Å². The molecule has 0 fully saturated rings. The normalized spacial score (nSPS) is 9.24. The van der Waals surface area contributed by atoms with Crippen molar-refractivity contribution in [1.82, 2.24) is 4.98 Å². The first-order chi connectivity index (χ1) is 7.31. The van der Waals surface area contributed by atoms with E-state index in [1.54, 1.807) is 12.1 Å². The molecule has 94 valence electrons. The Bertz CT molecular complexity index is 527. The van der Waals surface area contributed by atoms with E-state index in [0.717, 1.165) is 5.52 Å². The molecule has 4 nitrogen and oxygen atoms in total. The lowest BCUT2D eigenvalue weighted by atomic mass is 10.2. The van der Waals surface area contributed by atoms with Crippen molar-refractivity contribution in [1.29, 1.82) is 0 Å². The van der Waals surface area contributed by atoms with Gasteiger partial charge in [0, 0.05) is 24.5 Å². The van der Waals surface area contributed by atoms with Crippen LogP contribution in [0.1, 0.15) is 0 Å². The number of aromatic nitrogens is 1. The summed E-state index contributed by atoms with van der Waals surface area (Å²) in [6.07, 6.45) is 0. The lowest BCUT2D eigenvalue weighted by Crippen LogP contribution is -2.15. The number of nitrogens with two attached hydrogens (primary N) is 1. The summed E-state index contributed by atoms with van der Waals surface area (Å²) in [6.45, 7) is 1.18. The summed E-state index contributed by atoms with van der Waals surface area (Å²) < 4.78 is 0. The molecule has 0 aliphatic rings. The molecule has 1 aromatic carbocycles. The molecule has 0 bridgehead atoms. The number of hydrogen-bond acceptors (Lipinski definition) is 3. The summed E-state index contributed by atoms with van der Waals surface area (Å²) in [5.41, 5.74) is 6.23. The zero-order valence-electron chi connectivity index (χ0n) is 9.10. The van der Waals surface area contributed by atoms with Crippen LogP contribution in [0.2, 0.25) is 0 Å². The second-order valence-corrected chi connectivity index (χ2v) is 3.31. The summed E-state index contributed by atoms with van der Waals surface area (Å²) in [7, 11) is 0. The number of nitrogens with one attached hydrogen (secondary N) is 2. The SMILES string of the molecule is Cl.Cl.NCCNc1cc(=O)c2ccccc2[nH]1. The zero-order valence-corrected chi connectivity index (χ0v) is 10.7. The lowest BCUT2D eigenvalue weighted by Gasteiger charge is -2.05. The number of halogens is 2. The Balaban J connectivity index is 0.00000128. The van der Waals surface area contributed by atoms with Crippen molar-refractivity contribution in [2.45, 2.75) is 0 Å². The quantitative estimate of drug-likeness (QED) is 0.799. The molecule has 0 aliphatic carbocycles. The Labute approximate surface area is 111 Å². The van der Waals surface area contributed by atoms with Gasteiger partial charge in [-0.3, -0.25) is 4.79 Å². The largest absolute Gasteiger partial charge is 0.370 e.